The number of rotatable bonds is 8. The second kappa shape index (κ2) is 9.29. The summed E-state index contributed by atoms with van der Waals surface area (Å²) >= 11 is 0. The molecule has 3 rings (SSSR count). The lowest BCUT2D eigenvalue weighted by Gasteiger charge is -2.18. The Balaban J connectivity index is 1.97. The fourth-order valence-corrected chi connectivity index (χ4v) is 3.37. The van der Waals surface area contributed by atoms with Gasteiger partial charge < -0.3 is 19.3 Å². The van der Waals surface area contributed by atoms with Gasteiger partial charge in [-0.25, -0.2) is 0 Å². The van der Waals surface area contributed by atoms with Crippen LogP contribution < -0.4 is 14.2 Å². The van der Waals surface area contributed by atoms with E-state index in [1.165, 1.54) is 11.1 Å². The van der Waals surface area contributed by atoms with Crippen LogP contribution in [0.5, 0.6) is 17.2 Å². The SMILES string of the molecule is COc1ccc(Cc2ccc(CO)c(OC)c2Cc2ccc(OC)cc2)cc1. The molecule has 0 bridgehead atoms. The maximum absolute atomic E-state index is 9.74. The third-order valence-corrected chi connectivity index (χ3v) is 4.91. The average Bonchev–Trinajstić information content (AvgIpc) is 2.75. The summed E-state index contributed by atoms with van der Waals surface area (Å²) in [5, 5.41) is 9.74. The maximum Gasteiger partial charge on any atom is 0.128 e. The van der Waals surface area contributed by atoms with Crippen molar-refractivity contribution in [3.05, 3.63) is 88.5 Å². The molecule has 0 atom stereocenters. The zero-order valence-electron chi connectivity index (χ0n) is 16.6. The Hall–Kier alpha value is -2.98. The summed E-state index contributed by atoms with van der Waals surface area (Å²) in [6, 6.07) is 20.1. The van der Waals surface area contributed by atoms with Gasteiger partial charge in [-0.05, 0) is 47.4 Å². The number of aliphatic hydroxyl groups excluding tert-OH is 1. The van der Waals surface area contributed by atoms with Crippen LogP contribution in [-0.4, -0.2) is 26.4 Å². The van der Waals surface area contributed by atoms with Gasteiger partial charge in [0.2, 0.25) is 0 Å². The first-order valence-electron chi connectivity index (χ1n) is 9.22. The molecule has 3 aromatic carbocycles. The van der Waals surface area contributed by atoms with Crippen molar-refractivity contribution >= 4 is 0 Å². The number of benzene rings is 3. The zero-order chi connectivity index (χ0) is 19.9. The quantitative estimate of drug-likeness (QED) is 0.632. The third-order valence-electron chi connectivity index (χ3n) is 4.91. The number of ether oxygens (including phenoxy) is 3. The molecule has 0 saturated carbocycles. The van der Waals surface area contributed by atoms with Crippen LogP contribution in [0.4, 0.5) is 0 Å². The maximum atomic E-state index is 9.74. The van der Waals surface area contributed by atoms with Gasteiger partial charge >= 0.3 is 0 Å². The summed E-state index contributed by atoms with van der Waals surface area (Å²) in [5.74, 6) is 2.43. The molecule has 0 radical (unpaired) electrons. The lowest BCUT2D eigenvalue weighted by Crippen LogP contribution is -2.04. The van der Waals surface area contributed by atoms with Crippen LogP contribution in [0.2, 0.25) is 0 Å². The normalized spacial score (nSPS) is 10.6. The highest BCUT2D eigenvalue weighted by atomic mass is 16.5. The van der Waals surface area contributed by atoms with Gasteiger partial charge in [-0.2, -0.15) is 0 Å². The molecule has 0 unspecified atom stereocenters. The first-order valence-corrected chi connectivity index (χ1v) is 9.22. The van der Waals surface area contributed by atoms with Gasteiger partial charge in [0, 0.05) is 17.5 Å². The van der Waals surface area contributed by atoms with E-state index in [0.29, 0.717) is 6.42 Å². The van der Waals surface area contributed by atoms with E-state index in [1.54, 1.807) is 21.3 Å². The highest BCUT2D eigenvalue weighted by molar-refractivity contribution is 5.50. The van der Waals surface area contributed by atoms with Gasteiger partial charge in [-0.3, -0.25) is 0 Å². The Morgan fingerprint density at radius 3 is 1.57 bits per heavy atom. The minimum atomic E-state index is -0.0540. The predicted molar refractivity (Wildman–Crippen MR) is 111 cm³/mol. The van der Waals surface area contributed by atoms with Crippen molar-refractivity contribution in [2.45, 2.75) is 19.4 Å². The van der Waals surface area contributed by atoms with Crippen molar-refractivity contribution in [1.82, 2.24) is 0 Å². The van der Waals surface area contributed by atoms with E-state index < -0.39 is 0 Å². The molecule has 0 saturated heterocycles. The van der Waals surface area contributed by atoms with E-state index in [-0.39, 0.29) is 6.61 Å². The van der Waals surface area contributed by atoms with Crippen LogP contribution in [-0.2, 0) is 19.4 Å². The predicted octanol–water partition coefficient (Wildman–Crippen LogP) is 4.39. The fraction of sp³-hybridized carbons (Fsp3) is 0.250. The number of aliphatic hydroxyl groups is 1. The number of hydrogen-bond donors (Lipinski definition) is 1. The summed E-state index contributed by atoms with van der Waals surface area (Å²) in [5.41, 5.74) is 5.41. The molecule has 0 spiro atoms. The molecule has 0 aromatic heterocycles. The van der Waals surface area contributed by atoms with Gasteiger partial charge in [-0.15, -0.1) is 0 Å². The van der Waals surface area contributed by atoms with Gasteiger partial charge in [0.15, 0.2) is 0 Å². The smallest absolute Gasteiger partial charge is 0.128 e. The zero-order valence-corrected chi connectivity index (χ0v) is 16.6. The lowest BCUT2D eigenvalue weighted by molar-refractivity contribution is 0.273. The molecule has 0 aliphatic heterocycles. The summed E-state index contributed by atoms with van der Waals surface area (Å²) in [6.45, 7) is -0.0540. The molecular weight excluding hydrogens is 352 g/mol. The molecule has 4 nitrogen and oxygen atoms in total. The first-order chi connectivity index (χ1) is 13.7. The second-order valence-electron chi connectivity index (χ2n) is 6.60. The molecule has 3 aromatic rings. The van der Waals surface area contributed by atoms with E-state index in [1.807, 2.05) is 30.3 Å². The second-order valence-corrected chi connectivity index (χ2v) is 6.60. The standard InChI is InChI=1S/C24H26O4/c1-26-21-10-4-17(5-11-21)14-19-8-9-20(16-25)24(28-3)23(19)15-18-6-12-22(27-2)13-7-18/h4-13,25H,14-16H2,1-3H3. The van der Waals surface area contributed by atoms with Crippen LogP contribution in [0.15, 0.2) is 60.7 Å². The van der Waals surface area contributed by atoms with Crippen molar-refractivity contribution in [2.75, 3.05) is 21.3 Å². The topological polar surface area (TPSA) is 47.9 Å². The summed E-state index contributed by atoms with van der Waals surface area (Å²) in [7, 11) is 4.99. The number of hydrogen-bond acceptors (Lipinski definition) is 4. The molecule has 0 aliphatic rings. The molecule has 0 heterocycles. The van der Waals surface area contributed by atoms with E-state index in [4.69, 9.17) is 14.2 Å². The molecular formula is C24H26O4. The van der Waals surface area contributed by atoms with Crippen LogP contribution in [0.3, 0.4) is 0 Å². The van der Waals surface area contributed by atoms with E-state index >= 15 is 0 Å². The van der Waals surface area contributed by atoms with Crippen molar-refractivity contribution in [3.63, 3.8) is 0 Å². The van der Waals surface area contributed by atoms with E-state index in [0.717, 1.165) is 40.4 Å². The van der Waals surface area contributed by atoms with E-state index in [9.17, 15) is 5.11 Å². The molecule has 1 N–H and O–H groups in total. The Morgan fingerprint density at radius 1 is 0.607 bits per heavy atom. The molecule has 4 heteroatoms. The van der Waals surface area contributed by atoms with Gasteiger partial charge in [0.25, 0.3) is 0 Å². The average molecular weight is 378 g/mol. The van der Waals surface area contributed by atoms with Gasteiger partial charge in [-0.1, -0.05) is 36.4 Å². The Morgan fingerprint density at radius 2 is 1.11 bits per heavy atom. The Labute approximate surface area is 166 Å². The van der Waals surface area contributed by atoms with Crippen LogP contribution in [0.1, 0.15) is 27.8 Å². The molecule has 0 amide bonds. The first kappa shape index (κ1) is 19.8. The van der Waals surface area contributed by atoms with Crippen LogP contribution >= 0.6 is 0 Å². The molecule has 0 aliphatic carbocycles. The van der Waals surface area contributed by atoms with Crippen molar-refractivity contribution in [3.8, 4) is 17.2 Å². The van der Waals surface area contributed by atoms with Crippen LogP contribution in [0, 0.1) is 0 Å². The van der Waals surface area contributed by atoms with E-state index in [2.05, 4.69) is 30.3 Å². The fourth-order valence-electron chi connectivity index (χ4n) is 3.37. The lowest BCUT2D eigenvalue weighted by atomic mass is 9.92. The van der Waals surface area contributed by atoms with Gasteiger partial charge in [0.1, 0.15) is 17.2 Å². The Bertz CT molecular complexity index is 899. The monoisotopic (exact) mass is 378 g/mol. The minimum Gasteiger partial charge on any atom is -0.497 e. The third kappa shape index (κ3) is 4.46. The molecule has 146 valence electrons. The summed E-state index contributed by atoms with van der Waals surface area (Å²) in [6.07, 6.45) is 1.49. The number of methoxy groups -OCH3 is 3. The highest BCUT2D eigenvalue weighted by Crippen LogP contribution is 2.32. The largest absolute Gasteiger partial charge is 0.497 e. The summed E-state index contributed by atoms with van der Waals surface area (Å²) in [4.78, 5) is 0. The van der Waals surface area contributed by atoms with Gasteiger partial charge in [0.05, 0.1) is 27.9 Å². The van der Waals surface area contributed by atoms with Crippen LogP contribution in [0.25, 0.3) is 0 Å². The van der Waals surface area contributed by atoms with Crippen molar-refractivity contribution in [1.29, 1.82) is 0 Å². The molecule has 28 heavy (non-hydrogen) atoms. The highest BCUT2D eigenvalue weighted by Gasteiger charge is 2.15. The van der Waals surface area contributed by atoms with Crippen molar-refractivity contribution < 1.29 is 19.3 Å². The minimum absolute atomic E-state index is 0.0540. The van der Waals surface area contributed by atoms with Crippen molar-refractivity contribution in [2.24, 2.45) is 0 Å². The Kier molecular flexibility index (Phi) is 6.56. The molecule has 0 fully saturated rings. The summed E-state index contributed by atoms with van der Waals surface area (Å²) < 4.78 is 16.2.